The van der Waals surface area contributed by atoms with Crippen molar-refractivity contribution in [3.63, 3.8) is 0 Å². The summed E-state index contributed by atoms with van der Waals surface area (Å²) in [4.78, 5) is 30.1. The summed E-state index contributed by atoms with van der Waals surface area (Å²) in [5.74, 6) is -0.396. The molecule has 3 heterocycles. The SMILES string of the molecule is CCOC(=O)C1CCN(C(=O)c2n[nH]c3ccncc23)CC1. The zero-order valence-electron chi connectivity index (χ0n) is 12.4. The summed E-state index contributed by atoms with van der Waals surface area (Å²) in [5.41, 5.74) is 1.18. The number of hydrogen-bond donors (Lipinski definition) is 1. The van der Waals surface area contributed by atoms with Crippen LogP contribution in [-0.4, -0.2) is 51.7 Å². The Morgan fingerprint density at radius 3 is 2.91 bits per heavy atom. The number of H-pyrrole nitrogens is 1. The lowest BCUT2D eigenvalue weighted by molar-refractivity contribution is -0.149. The summed E-state index contributed by atoms with van der Waals surface area (Å²) >= 11 is 0. The first-order valence-electron chi connectivity index (χ1n) is 7.44. The molecule has 0 bridgehead atoms. The van der Waals surface area contributed by atoms with E-state index in [1.165, 1.54) is 0 Å². The molecule has 2 aromatic heterocycles. The minimum absolute atomic E-state index is 0.110. The zero-order chi connectivity index (χ0) is 15.5. The van der Waals surface area contributed by atoms with Crippen molar-refractivity contribution in [3.05, 3.63) is 24.2 Å². The standard InChI is InChI=1S/C15H18N4O3/c1-2-22-15(21)10-4-7-19(8-5-10)14(20)13-11-9-16-6-3-12(11)17-18-13/h3,6,9-10H,2,4-5,7-8H2,1H3,(H,17,18). The maximum atomic E-state index is 12.6. The predicted molar refractivity (Wildman–Crippen MR) is 79.1 cm³/mol. The van der Waals surface area contributed by atoms with Crippen molar-refractivity contribution in [2.75, 3.05) is 19.7 Å². The molecule has 0 aromatic carbocycles. The number of nitrogens with zero attached hydrogens (tertiary/aromatic N) is 3. The molecule has 0 atom stereocenters. The molecule has 1 amide bonds. The molecule has 0 aliphatic carbocycles. The van der Waals surface area contributed by atoms with Gasteiger partial charge >= 0.3 is 5.97 Å². The van der Waals surface area contributed by atoms with Gasteiger partial charge in [-0.05, 0) is 25.8 Å². The van der Waals surface area contributed by atoms with Gasteiger partial charge in [0, 0.05) is 25.5 Å². The maximum absolute atomic E-state index is 12.6. The lowest BCUT2D eigenvalue weighted by atomic mass is 9.96. The van der Waals surface area contributed by atoms with Gasteiger partial charge in [0.25, 0.3) is 5.91 Å². The van der Waals surface area contributed by atoms with E-state index >= 15 is 0 Å². The second-order valence-corrected chi connectivity index (χ2v) is 5.31. The van der Waals surface area contributed by atoms with E-state index in [4.69, 9.17) is 4.74 Å². The Morgan fingerprint density at radius 1 is 1.41 bits per heavy atom. The molecule has 1 fully saturated rings. The van der Waals surface area contributed by atoms with Crippen molar-refractivity contribution in [3.8, 4) is 0 Å². The number of ether oxygens (including phenoxy) is 1. The lowest BCUT2D eigenvalue weighted by Gasteiger charge is -2.30. The van der Waals surface area contributed by atoms with Gasteiger partial charge < -0.3 is 9.64 Å². The maximum Gasteiger partial charge on any atom is 0.309 e. The van der Waals surface area contributed by atoms with Crippen molar-refractivity contribution in [2.45, 2.75) is 19.8 Å². The van der Waals surface area contributed by atoms with Gasteiger partial charge in [0.1, 0.15) is 0 Å². The van der Waals surface area contributed by atoms with Crippen molar-refractivity contribution in [1.82, 2.24) is 20.1 Å². The van der Waals surface area contributed by atoms with Gasteiger partial charge in [-0.1, -0.05) is 0 Å². The number of aromatic amines is 1. The second-order valence-electron chi connectivity index (χ2n) is 5.31. The highest BCUT2D eigenvalue weighted by Crippen LogP contribution is 2.22. The van der Waals surface area contributed by atoms with Gasteiger partial charge in [-0.2, -0.15) is 5.10 Å². The first-order chi connectivity index (χ1) is 10.7. The number of carbonyl (C=O) groups excluding carboxylic acids is 2. The smallest absolute Gasteiger partial charge is 0.309 e. The van der Waals surface area contributed by atoms with E-state index in [1.54, 1.807) is 30.3 Å². The number of aromatic nitrogens is 3. The average Bonchev–Trinajstić information content (AvgIpc) is 2.98. The third-order valence-electron chi connectivity index (χ3n) is 3.97. The lowest BCUT2D eigenvalue weighted by Crippen LogP contribution is -2.40. The number of amides is 1. The molecule has 3 rings (SSSR count). The van der Waals surface area contributed by atoms with E-state index in [-0.39, 0.29) is 17.8 Å². The molecule has 1 aliphatic rings. The number of hydrogen-bond acceptors (Lipinski definition) is 5. The van der Waals surface area contributed by atoms with E-state index in [1.807, 2.05) is 0 Å². The minimum Gasteiger partial charge on any atom is -0.466 e. The van der Waals surface area contributed by atoms with Crippen LogP contribution in [0.3, 0.4) is 0 Å². The van der Waals surface area contributed by atoms with Crippen LogP contribution >= 0.6 is 0 Å². The Morgan fingerprint density at radius 2 is 2.18 bits per heavy atom. The van der Waals surface area contributed by atoms with Crippen LogP contribution in [0.5, 0.6) is 0 Å². The molecule has 2 aromatic rings. The van der Waals surface area contributed by atoms with Crippen LogP contribution in [0.25, 0.3) is 10.9 Å². The van der Waals surface area contributed by atoms with Crippen molar-refractivity contribution in [2.24, 2.45) is 5.92 Å². The molecule has 7 heteroatoms. The van der Waals surface area contributed by atoms with Gasteiger partial charge in [-0.15, -0.1) is 0 Å². The highest BCUT2D eigenvalue weighted by molar-refractivity contribution is 6.04. The fraction of sp³-hybridized carbons (Fsp3) is 0.467. The summed E-state index contributed by atoms with van der Waals surface area (Å²) in [6.45, 7) is 3.27. The molecular weight excluding hydrogens is 284 g/mol. The molecular formula is C15H18N4O3. The monoisotopic (exact) mass is 302 g/mol. The zero-order valence-corrected chi connectivity index (χ0v) is 12.4. The molecule has 1 N–H and O–H groups in total. The van der Waals surface area contributed by atoms with Crippen LogP contribution < -0.4 is 0 Å². The summed E-state index contributed by atoms with van der Waals surface area (Å²) < 4.78 is 5.04. The number of pyridine rings is 1. The van der Waals surface area contributed by atoms with Gasteiger partial charge in [-0.3, -0.25) is 19.7 Å². The number of esters is 1. The van der Waals surface area contributed by atoms with Crippen LogP contribution in [0.4, 0.5) is 0 Å². The fourth-order valence-corrected chi connectivity index (χ4v) is 2.75. The molecule has 22 heavy (non-hydrogen) atoms. The van der Waals surface area contributed by atoms with Gasteiger partial charge in [-0.25, -0.2) is 0 Å². The van der Waals surface area contributed by atoms with Crippen LogP contribution in [0.2, 0.25) is 0 Å². The minimum atomic E-state index is -0.163. The number of rotatable bonds is 3. The van der Waals surface area contributed by atoms with Crippen LogP contribution in [0.1, 0.15) is 30.3 Å². The van der Waals surface area contributed by atoms with Crippen molar-refractivity contribution < 1.29 is 14.3 Å². The van der Waals surface area contributed by atoms with E-state index in [9.17, 15) is 9.59 Å². The molecule has 7 nitrogen and oxygen atoms in total. The topological polar surface area (TPSA) is 88.2 Å². The summed E-state index contributed by atoms with van der Waals surface area (Å²) in [5, 5.41) is 7.67. The molecule has 0 saturated carbocycles. The average molecular weight is 302 g/mol. The summed E-state index contributed by atoms with van der Waals surface area (Å²) in [7, 11) is 0. The highest BCUT2D eigenvalue weighted by Gasteiger charge is 2.30. The number of piperidine rings is 1. The number of carbonyl (C=O) groups is 2. The quantitative estimate of drug-likeness (QED) is 0.865. The largest absolute Gasteiger partial charge is 0.466 e. The third-order valence-corrected chi connectivity index (χ3v) is 3.97. The van der Waals surface area contributed by atoms with Crippen LogP contribution in [-0.2, 0) is 9.53 Å². The normalized spacial score (nSPS) is 16.0. The van der Waals surface area contributed by atoms with Crippen molar-refractivity contribution in [1.29, 1.82) is 0 Å². The molecule has 0 unspecified atom stereocenters. The number of nitrogens with one attached hydrogen (secondary N) is 1. The first-order valence-corrected chi connectivity index (χ1v) is 7.44. The van der Waals surface area contributed by atoms with E-state index < -0.39 is 0 Å². The first kappa shape index (κ1) is 14.5. The third kappa shape index (κ3) is 2.66. The van der Waals surface area contributed by atoms with Crippen LogP contribution in [0, 0.1) is 5.92 Å². The Labute approximate surface area is 127 Å². The van der Waals surface area contributed by atoms with E-state index in [0.29, 0.717) is 38.2 Å². The highest BCUT2D eigenvalue weighted by atomic mass is 16.5. The number of fused-ring (bicyclic) bond motifs is 1. The van der Waals surface area contributed by atoms with Gasteiger partial charge in [0.15, 0.2) is 5.69 Å². The van der Waals surface area contributed by atoms with Crippen molar-refractivity contribution >= 4 is 22.8 Å². The Balaban J connectivity index is 1.69. The Kier molecular flexibility index (Phi) is 4.04. The molecule has 1 saturated heterocycles. The number of likely N-dealkylation sites (tertiary alicyclic amines) is 1. The van der Waals surface area contributed by atoms with Crippen LogP contribution in [0.15, 0.2) is 18.5 Å². The second kappa shape index (κ2) is 6.13. The molecule has 0 radical (unpaired) electrons. The molecule has 116 valence electrons. The summed E-state index contributed by atoms with van der Waals surface area (Å²) in [6.07, 6.45) is 4.55. The van der Waals surface area contributed by atoms with Gasteiger partial charge in [0.2, 0.25) is 0 Å². The predicted octanol–water partition coefficient (Wildman–Crippen LogP) is 1.37. The van der Waals surface area contributed by atoms with E-state index in [0.717, 1.165) is 10.9 Å². The molecule has 0 spiro atoms. The van der Waals surface area contributed by atoms with Gasteiger partial charge in [0.05, 0.1) is 23.4 Å². The molecule has 1 aliphatic heterocycles. The Hall–Kier alpha value is -2.44. The fourth-order valence-electron chi connectivity index (χ4n) is 2.75. The summed E-state index contributed by atoms with van der Waals surface area (Å²) in [6, 6.07) is 1.78. The van der Waals surface area contributed by atoms with E-state index in [2.05, 4.69) is 15.2 Å². The Bertz CT molecular complexity index is 689.